The zero-order chi connectivity index (χ0) is 18.5. The largest absolute Gasteiger partial charge is 0.791 e. The van der Waals surface area contributed by atoms with E-state index in [0.29, 0.717) is 0 Å². The molecule has 0 aliphatic rings. The molecule has 0 radical (unpaired) electrons. The smallest absolute Gasteiger partial charge is 0.0780 e. The maximum Gasteiger partial charge on any atom is 0.0780 e. The van der Waals surface area contributed by atoms with Crippen molar-refractivity contribution < 1.29 is 8.68 Å². The Bertz CT molecular complexity index is 216. The Morgan fingerprint density at radius 3 is 1.00 bits per heavy atom. The number of unbranched alkanes of at least 4 members (excludes halogenated alkanes) is 15. The Labute approximate surface area is 162 Å². The van der Waals surface area contributed by atoms with E-state index in [-0.39, 0.29) is 0 Å². The summed E-state index contributed by atoms with van der Waals surface area (Å²) in [4.78, 5) is 0. The van der Waals surface area contributed by atoms with Gasteiger partial charge in [-0.05, 0) is 12.8 Å². The van der Waals surface area contributed by atoms with Gasteiger partial charge in [-0.2, -0.15) is 0 Å². The Morgan fingerprint density at radius 1 is 0.500 bits per heavy atom. The molecule has 24 heavy (non-hydrogen) atoms. The molecule has 0 aliphatic carbocycles. The van der Waals surface area contributed by atoms with E-state index in [1.807, 2.05) is 0 Å². The van der Waals surface area contributed by atoms with Crippen LogP contribution in [-0.2, 0) is 0 Å². The molecule has 0 heterocycles. The van der Waals surface area contributed by atoms with E-state index in [4.69, 9.17) is 4.20 Å². The third-order valence-electron chi connectivity index (χ3n) is 4.68. The van der Waals surface area contributed by atoms with Crippen LogP contribution in [0.5, 0.6) is 0 Å². The summed E-state index contributed by atoms with van der Waals surface area (Å²) in [6.07, 6.45) is 23.4. The molecule has 0 fully saturated rings. The molecule has 0 unspecified atom stereocenters. The van der Waals surface area contributed by atoms with Crippen molar-refractivity contribution in [2.24, 2.45) is 0 Å². The zero-order valence-electron chi connectivity index (χ0n) is 17.3. The van der Waals surface area contributed by atoms with Gasteiger partial charge >= 0.3 is 0 Å². The van der Waals surface area contributed by atoms with Crippen LogP contribution in [0, 0.1) is 0 Å². The van der Waals surface area contributed by atoms with Crippen LogP contribution in [0.1, 0.15) is 110 Å². The minimum Gasteiger partial charge on any atom is -0.791 e. The molecule has 0 aromatic carbocycles. The van der Waals surface area contributed by atoms with Gasteiger partial charge in [0.2, 0.25) is 0 Å². The maximum atomic E-state index is 8.06. The van der Waals surface area contributed by atoms with Crippen LogP contribution >= 0.6 is 16.3 Å². The molecule has 0 saturated heterocycles. The Balaban J connectivity index is 0. The van der Waals surface area contributed by atoms with Crippen LogP contribution in [0.15, 0.2) is 0 Å². The lowest BCUT2D eigenvalue weighted by atomic mass is 10.0. The summed E-state index contributed by atoms with van der Waals surface area (Å²) in [5.41, 5.74) is 0. The quantitative estimate of drug-likeness (QED) is 0.196. The first-order valence-electron chi connectivity index (χ1n) is 10.5. The molecule has 0 N–H and O–H groups in total. The van der Waals surface area contributed by atoms with Gasteiger partial charge in [0.1, 0.15) is 0 Å². The molecule has 0 spiro atoms. The molecule has 0 rings (SSSR count). The molecule has 0 atom stereocenters. The molecule has 2 nitrogen and oxygen atoms in total. The average molecular weight is 409 g/mol. The summed E-state index contributed by atoms with van der Waals surface area (Å²) in [5.74, 6) is 0. The Morgan fingerprint density at radius 2 is 0.750 bits per heavy atom. The first-order valence-corrected chi connectivity index (χ1v) is 11.2. The molecule has 0 aromatic rings. The van der Waals surface area contributed by atoms with E-state index in [0.717, 1.165) is 4.48 Å². The van der Waals surface area contributed by atoms with Crippen molar-refractivity contribution in [3.05, 3.63) is 0 Å². The van der Waals surface area contributed by atoms with E-state index in [2.05, 4.69) is 28.1 Å². The lowest BCUT2D eigenvalue weighted by molar-refractivity contribution is -0.870. The number of quaternary nitrogens is 1. The third-order valence-corrected chi connectivity index (χ3v) is 4.68. The predicted octanol–water partition coefficient (Wildman–Crippen LogP) is 6.61. The summed E-state index contributed by atoms with van der Waals surface area (Å²) in [7, 11) is 6.89. The van der Waals surface area contributed by atoms with Crippen molar-refractivity contribution in [1.29, 1.82) is 0 Å². The highest BCUT2D eigenvalue weighted by Crippen LogP contribution is 2.13. The van der Waals surface area contributed by atoms with Gasteiger partial charge in [-0.15, -0.1) is 0 Å². The van der Waals surface area contributed by atoms with Crippen molar-refractivity contribution in [1.82, 2.24) is 0 Å². The predicted molar refractivity (Wildman–Crippen MR) is 111 cm³/mol. The summed E-state index contributed by atoms with van der Waals surface area (Å²) >= 11 is 1.69. The number of hydrogen-bond donors (Lipinski definition) is 0. The van der Waals surface area contributed by atoms with E-state index in [9.17, 15) is 0 Å². The average Bonchev–Trinajstić information content (AvgIpc) is 2.55. The maximum absolute atomic E-state index is 8.06. The molecule has 0 bridgehead atoms. The minimum absolute atomic E-state index is 1.12. The van der Waals surface area contributed by atoms with Crippen LogP contribution in [0.2, 0.25) is 0 Å². The number of rotatable bonds is 17. The molecule has 0 aromatic heterocycles. The van der Waals surface area contributed by atoms with Gasteiger partial charge in [-0.3, -0.25) is 0 Å². The van der Waals surface area contributed by atoms with Gasteiger partial charge in [0.05, 0.1) is 27.7 Å². The highest BCUT2D eigenvalue weighted by molar-refractivity contribution is 9.04. The summed E-state index contributed by atoms with van der Waals surface area (Å²) in [5, 5.41) is 0. The molecular formula is C21H46BrNO. The van der Waals surface area contributed by atoms with E-state index in [1.165, 1.54) is 109 Å². The molecule has 0 amide bonds. The van der Waals surface area contributed by atoms with Gasteiger partial charge in [0.15, 0.2) is 0 Å². The van der Waals surface area contributed by atoms with Crippen LogP contribution in [-0.4, -0.2) is 32.2 Å². The second-order valence-electron chi connectivity index (χ2n) is 8.32. The summed E-state index contributed by atoms with van der Waals surface area (Å²) in [6.45, 7) is 3.63. The number of nitrogens with zero attached hydrogens (tertiary/aromatic N) is 1. The van der Waals surface area contributed by atoms with Gasteiger partial charge < -0.3 is 8.68 Å². The van der Waals surface area contributed by atoms with Crippen LogP contribution in [0.3, 0.4) is 0 Å². The van der Waals surface area contributed by atoms with Crippen LogP contribution < -0.4 is 4.20 Å². The third kappa shape index (κ3) is 27.3. The highest BCUT2D eigenvalue weighted by atomic mass is 79.9. The van der Waals surface area contributed by atoms with Crippen molar-refractivity contribution in [3.8, 4) is 0 Å². The highest BCUT2D eigenvalue weighted by Gasteiger charge is 2.04. The summed E-state index contributed by atoms with van der Waals surface area (Å²) in [6, 6.07) is 0. The number of halogens is 1. The van der Waals surface area contributed by atoms with Crippen molar-refractivity contribution in [2.75, 3.05) is 27.7 Å². The molecule has 0 saturated carbocycles. The molecule has 148 valence electrons. The monoisotopic (exact) mass is 407 g/mol. The van der Waals surface area contributed by atoms with Crippen LogP contribution in [0.4, 0.5) is 0 Å². The Hall–Kier alpha value is 0.400. The lowest BCUT2D eigenvalue weighted by Gasteiger charge is -2.23. The molecule has 3 heteroatoms. The fraction of sp³-hybridized carbons (Fsp3) is 1.00. The molecule has 0 aliphatic heterocycles. The Kier molecular flexibility index (Phi) is 23.8. The van der Waals surface area contributed by atoms with Crippen LogP contribution in [0.25, 0.3) is 0 Å². The zero-order valence-corrected chi connectivity index (χ0v) is 18.8. The van der Waals surface area contributed by atoms with Gasteiger partial charge in [0, 0.05) is 0 Å². The van der Waals surface area contributed by atoms with Crippen molar-refractivity contribution >= 4 is 16.3 Å². The molecular weight excluding hydrogens is 362 g/mol. The topological polar surface area (TPSA) is 23.1 Å². The minimum atomic E-state index is 1.12. The lowest BCUT2D eigenvalue weighted by Crippen LogP contribution is -2.35. The van der Waals surface area contributed by atoms with E-state index < -0.39 is 0 Å². The van der Waals surface area contributed by atoms with Gasteiger partial charge in [-0.1, -0.05) is 96.8 Å². The summed E-state index contributed by atoms with van der Waals surface area (Å²) < 4.78 is 9.19. The van der Waals surface area contributed by atoms with E-state index >= 15 is 0 Å². The second-order valence-corrected chi connectivity index (χ2v) is 8.32. The van der Waals surface area contributed by atoms with Crippen molar-refractivity contribution in [2.45, 2.75) is 110 Å². The first kappa shape index (κ1) is 26.6. The second kappa shape index (κ2) is 21.4. The first-order chi connectivity index (χ1) is 11.6. The standard InChI is InChI=1S/C21H46N.BrO/c1-5-6-7-8-9-10-11-12-13-14-15-16-17-18-19-20-21-22(2,3)4;1-2/h5-21H2,1-4H3;/q+1;-1. The number of hydrogen-bond acceptors (Lipinski definition) is 1. The SMILES string of the molecule is CCCCCCCCCCCCCCCCCC[N+](C)(C)C.[O-]Br. The normalized spacial score (nSPS) is 11.2. The van der Waals surface area contributed by atoms with Gasteiger partial charge in [-0.25, -0.2) is 16.3 Å². The fourth-order valence-electron chi connectivity index (χ4n) is 3.13. The van der Waals surface area contributed by atoms with Crippen molar-refractivity contribution in [3.63, 3.8) is 0 Å². The fourth-order valence-corrected chi connectivity index (χ4v) is 3.13. The van der Waals surface area contributed by atoms with E-state index in [1.54, 1.807) is 16.3 Å². The van der Waals surface area contributed by atoms with Gasteiger partial charge in [0.25, 0.3) is 0 Å².